The number of nitrogen functional groups attached to an aromatic ring is 1. The van der Waals surface area contributed by atoms with Crippen LogP contribution in [0.2, 0.25) is 0 Å². The first-order valence-corrected chi connectivity index (χ1v) is 6.75. The molecule has 0 amide bonds. The Balaban J connectivity index is 2.56. The molecule has 0 saturated carbocycles. The third-order valence-corrected chi connectivity index (χ3v) is 3.48. The molecular formula is C16H20FN3. The van der Waals surface area contributed by atoms with Crippen molar-refractivity contribution < 1.29 is 4.39 Å². The number of hydrogen-bond acceptors (Lipinski definition) is 3. The van der Waals surface area contributed by atoms with Crippen LogP contribution >= 0.6 is 0 Å². The number of aryl methyl sites for hydroxylation is 2. The van der Waals surface area contributed by atoms with E-state index in [0.29, 0.717) is 5.82 Å². The lowest BCUT2D eigenvalue weighted by molar-refractivity contribution is 0.608. The van der Waals surface area contributed by atoms with Gasteiger partial charge >= 0.3 is 0 Å². The third kappa shape index (κ3) is 2.80. The van der Waals surface area contributed by atoms with Crippen molar-refractivity contribution >= 4 is 5.82 Å². The smallest absolute Gasteiger partial charge is 0.128 e. The Morgan fingerprint density at radius 3 is 2.60 bits per heavy atom. The van der Waals surface area contributed by atoms with Crippen LogP contribution < -0.4 is 11.1 Å². The van der Waals surface area contributed by atoms with E-state index in [2.05, 4.69) is 10.3 Å². The number of nitrogens with two attached hydrogens (primary N) is 1. The van der Waals surface area contributed by atoms with Gasteiger partial charge in [0.2, 0.25) is 0 Å². The summed E-state index contributed by atoms with van der Waals surface area (Å²) in [4.78, 5) is 4.18. The molecule has 1 aromatic carbocycles. The van der Waals surface area contributed by atoms with Gasteiger partial charge in [-0.25, -0.2) is 9.37 Å². The molecule has 0 saturated heterocycles. The Labute approximate surface area is 119 Å². The zero-order valence-corrected chi connectivity index (χ0v) is 12.1. The molecule has 2 rings (SSSR count). The molecule has 4 heteroatoms. The topological polar surface area (TPSA) is 50.9 Å². The molecule has 20 heavy (non-hydrogen) atoms. The van der Waals surface area contributed by atoms with Gasteiger partial charge in [0.05, 0.1) is 6.04 Å². The average molecular weight is 273 g/mol. The van der Waals surface area contributed by atoms with E-state index in [1.807, 2.05) is 32.9 Å². The van der Waals surface area contributed by atoms with Crippen LogP contribution in [0.25, 0.3) is 0 Å². The number of rotatable bonds is 4. The fourth-order valence-electron chi connectivity index (χ4n) is 2.50. The number of benzene rings is 1. The fourth-order valence-corrected chi connectivity index (χ4v) is 2.50. The predicted octanol–water partition coefficient (Wildman–Crippen LogP) is 3.12. The highest BCUT2D eigenvalue weighted by atomic mass is 19.1. The van der Waals surface area contributed by atoms with E-state index in [1.165, 1.54) is 6.07 Å². The van der Waals surface area contributed by atoms with Gasteiger partial charge in [-0.2, -0.15) is 0 Å². The molecule has 0 aliphatic rings. The first-order chi connectivity index (χ1) is 9.54. The largest absolute Gasteiger partial charge is 0.383 e. The Morgan fingerprint density at radius 2 is 2.00 bits per heavy atom. The van der Waals surface area contributed by atoms with Crippen LogP contribution in [0.3, 0.4) is 0 Å². The van der Waals surface area contributed by atoms with E-state index in [4.69, 9.17) is 5.73 Å². The van der Waals surface area contributed by atoms with Crippen LogP contribution in [-0.4, -0.2) is 11.5 Å². The summed E-state index contributed by atoms with van der Waals surface area (Å²) in [6.45, 7) is 6.74. The maximum atomic E-state index is 13.3. The summed E-state index contributed by atoms with van der Waals surface area (Å²) in [6, 6.07) is 6.70. The van der Waals surface area contributed by atoms with Gasteiger partial charge in [0.25, 0.3) is 0 Å². The monoisotopic (exact) mass is 273 g/mol. The molecule has 1 aromatic heterocycles. The maximum Gasteiger partial charge on any atom is 0.128 e. The lowest BCUT2D eigenvalue weighted by atomic mass is 9.92. The minimum atomic E-state index is -0.225. The van der Waals surface area contributed by atoms with Crippen molar-refractivity contribution in [2.45, 2.75) is 26.8 Å². The molecule has 0 bridgehead atoms. The lowest BCUT2D eigenvalue weighted by Gasteiger charge is -2.23. The summed E-state index contributed by atoms with van der Waals surface area (Å²) in [6.07, 6.45) is 1.70. The van der Waals surface area contributed by atoms with Gasteiger partial charge in [-0.15, -0.1) is 0 Å². The van der Waals surface area contributed by atoms with Crippen molar-refractivity contribution in [1.82, 2.24) is 10.3 Å². The molecule has 1 unspecified atom stereocenters. The molecule has 3 N–H and O–H groups in total. The standard InChI is InChI=1S/C16H20FN3/c1-4-19-15(13-6-5-12(17)9-11(13)3)14-10(2)7-8-20-16(14)18/h5-9,15,19H,4H2,1-3H3,(H2,18,20). The summed E-state index contributed by atoms with van der Waals surface area (Å²) in [7, 11) is 0. The van der Waals surface area contributed by atoms with Gasteiger partial charge in [0, 0.05) is 11.8 Å². The second kappa shape index (κ2) is 6.01. The summed E-state index contributed by atoms with van der Waals surface area (Å²) in [5.74, 6) is 0.289. The first-order valence-electron chi connectivity index (χ1n) is 6.75. The quantitative estimate of drug-likeness (QED) is 0.900. The van der Waals surface area contributed by atoms with Gasteiger partial charge in [0.15, 0.2) is 0 Å². The van der Waals surface area contributed by atoms with E-state index in [0.717, 1.165) is 28.8 Å². The summed E-state index contributed by atoms with van der Waals surface area (Å²) in [5.41, 5.74) is 10.0. The number of pyridine rings is 1. The normalized spacial score (nSPS) is 12.4. The molecular weight excluding hydrogens is 253 g/mol. The second-order valence-corrected chi connectivity index (χ2v) is 4.92. The zero-order valence-electron chi connectivity index (χ0n) is 12.1. The van der Waals surface area contributed by atoms with Gasteiger partial charge < -0.3 is 11.1 Å². The van der Waals surface area contributed by atoms with E-state index < -0.39 is 0 Å². The molecule has 0 aliphatic carbocycles. The minimum absolute atomic E-state index is 0.0747. The number of halogens is 1. The van der Waals surface area contributed by atoms with Gasteiger partial charge in [0.1, 0.15) is 11.6 Å². The molecule has 0 radical (unpaired) electrons. The van der Waals surface area contributed by atoms with Crippen LogP contribution in [0.15, 0.2) is 30.5 Å². The van der Waals surface area contributed by atoms with Crippen molar-refractivity contribution in [3.8, 4) is 0 Å². The minimum Gasteiger partial charge on any atom is -0.383 e. The van der Waals surface area contributed by atoms with Crippen LogP contribution in [-0.2, 0) is 0 Å². The van der Waals surface area contributed by atoms with Crippen molar-refractivity contribution in [2.75, 3.05) is 12.3 Å². The second-order valence-electron chi connectivity index (χ2n) is 4.92. The summed E-state index contributed by atoms with van der Waals surface area (Å²) in [5, 5.41) is 3.41. The molecule has 0 fully saturated rings. The van der Waals surface area contributed by atoms with Crippen molar-refractivity contribution in [2.24, 2.45) is 0 Å². The molecule has 3 nitrogen and oxygen atoms in total. The van der Waals surface area contributed by atoms with Gasteiger partial charge in [-0.05, 0) is 55.3 Å². The van der Waals surface area contributed by atoms with Crippen LogP contribution in [0.5, 0.6) is 0 Å². The molecule has 106 valence electrons. The van der Waals surface area contributed by atoms with Crippen LogP contribution in [0.4, 0.5) is 10.2 Å². The Kier molecular flexibility index (Phi) is 4.35. The average Bonchev–Trinajstić information content (AvgIpc) is 2.38. The third-order valence-electron chi connectivity index (χ3n) is 3.48. The first kappa shape index (κ1) is 14.5. The van der Waals surface area contributed by atoms with E-state index >= 15 is 0 Å². The summed E-state index contributed by atoms with van der Waals surface area (Å²) < 4.78 is 13.3. The number of nitrogens with one attached hydrogen (secondary N) is 1. The highest BCUT2D eigenvalue weighted by Gasteiger charge is 2.20. The lowest BCUT2D eigenvalue weighted by Crippen LogP contribution is -2.25. The number of nitrogens with zero attached hydrogens (tertiary/aromatic N) is 1. The number of aromatic nitrogens is 1. The molecule has 2 aromatic rings. The van der Waals surface area contributed by atoms with Gasteiger partial charge in [-0.3, -0.25) is 0 Å². The van der Waals surface area contributed by atoms with Crippen molar-refractivity contribution in [1.29, 1.82) is 0 Å². The molecule has 1 heterocycles. The van der Waals surface area contributed by atoms with Crippen molar-refractivity contribution in [3.63, 3.8) is 0 Å². The van der Waals surface area contributed by atoms with Crippen LogP contribution in [0.1, 0.15) is 35.2 Å². The van der Waals surface area contributed by atoms with Crippen molar-refractivity contribution in [3.05, 3.63) is 58.5 Å². The van der Waals surface area contributed by atoms with Crippen LogP contribution in [0, 0.1) is 19.7 Å². The maximum absolute atomic E-state index is 13.3. The van der Waals surface area contributed by atoms with E-state index in [9.17, 15) is 4.39 Å². The SMILES string of the molecule is CCNC(c1ccc(F)cc1C)c1c(C)ccnc1N. The zero-order chi connectivity index (χ0) is 14.7. The number of hydrogen-bond donors (Lipinski definition) is 2. The number of anilines is 1. The Hall–Kier alpha value is -1.94. The molecule has 1 atom stereocenters. The summed E-state index contributed by atoms with van der Waals surface area (Å²) >= 11 is 0. The molecule has 0 aliphatic heterocycles. The Bertz CT molecular complexity index is 590. The highest BCUT2D eigenvalue weighted by molar-refractivity contribution is 5.51. The van der Waals surface area contributed by atoms with E-state index in [-0.39, 0.29) is 11.9 Å². The molecule has 0 spiro atoms. The van der Waals surface area contributed by atoms with Gasteiger partial charge in [-0.1, -0.05) is 13.0 Å². The van der Waals surface area contributed by atoms with E-state index in [1.54, 1.807) is 12.3 Å². The fraction of sp³-hybridized carbons (Fsp3) is 0.312. The predicted molar refractivity (Wildman–Crippen MR) is 80.0 cm³/mol. The highest BCUT2D eigenvalue weighted by Crippen LogP contribution is 2.30. The Morgan fingerprint density at radius 1 is 1.25 bits per heavy atom.